The number of ether oxygens (including phenoxy) is 1. The molecular weight excluding hydrogens is 276 g/mol. The van der Waals surface area contributed by atoms with Gasteiger partial charge in [0.2, 0.25) is 0 Å². The van der Waals surface area contributed by atoms with Crippen molar-refractivity contribution < 1.29 is 9.84 Å². The second-order valence-corrected chi connectivity index (χ2v) is 6.34. The summed E-state index contributed by atoms with van der Waals surface area (Å²) in [6.07, 6.45) is 0.990. The van der Waals surface area contributed by atoms with Gasteiger partial charge in [-0.3, -0.25) is 0 Å². The van der Waals surface area contributed by atoms with Crippen LogP contribution in [0.5, 0.6) is 0 Å². The van der Waals surface area contributed by atoms with Crippen LogP contribution in [0.4, 0.5) is 0 Å². The lowest BCUT2D eigenvalue weighted by Crippen LogP contribution is -2.41. The molecule has 2 unspecified atom stereocenters. The third-order valence-electron chi connectivity index (χ3n) is 2.90. The molecule has 1 rings (SSSR count). The summed E-state index contributed by atoms with van der Waals surface area (Å²) in [6, 6.07) is 4.03. The molecule has 0 saturated heterocycles. The van der Waals surface area contributed by atoms with E-state index in [-0.39, 0.29) is 0 Å². The molecule has 15 heavy (non-hydrogen) atoms. The van der Waals surface area contributed by atoms with Crippen LogP contribution in [-0.2, 0) is 11.2 Å². The normalized spacial score (nSPS) is 17.4. The van der Waals surface area contributed by atoms with Crippen molar-refractivity contribution in [2.75, 3.05) is 7.11 Å². The van der Waals surface area contributed by atoms with E-state index in [1.165, 1.54) is 4.88 Å². The average Bonchev–Trinajstić information content (AvgIpc) is 2.62. The number of thiophene rings is 1. The summed E-state index contributed by atoms with van der Waals surface area (Å²) in [5.41, 5.74) is -0.448. The van der Waals surface area contributed by atoms with Gasteiger partial charge in [-0.15, -0.1) is 11.3 Å². The molecule has 2 nitrogen and oxygen atoms in total. The Labute approximate surface area is 103 Å². The van der Waals surface area contributed by atoms with Crippen molar-refractivity contribution in [3.05, 3.63) is 20.8 Å². The smallest absolute Gasteiger partial charge is 0.0909 e. The topological polar surface area (TPSA) is 29.5 Å². The van der Waals surface area contributed by atoms with Crippen molar-refractivity contribution in [1.82, 2.24) is 0 Å². The van der Waals surface area contributed by atoms with Gasteiger partial charge in [0.05, 0.1) is 15.5 Å². The molecule has 0 fully saturated rings. The Morgan fingerprint density at radius 3 is 2.67 bits per heavy atom. The van der Waals surface area contributed by atoms with E-state index in [1.807, 2.05) is 26.0 Å². The van der Waals surface area contributed by atoms with Crippen LogP contribution in [0, 0.1) is 0 Å². The zero-order chi connectivity index (χ0) is 11.5. The van der Waals surface area contributed by atoms with Crippen LogP contribution in [0.25, 0.3) is 0 Å². The molecule has 0 saturated carbocycles. The highest BCUT2D eigenvalue weighted by molar-refractivity contribution is 9.11. The molecule has 1 aromatic rings. The van der Waals surface area contributed by atoms with Crippen molar-refractivity contribution in [2.45, 2.75) is 38.4 Å². The van der Waals surface area contributed by atoms with Gasteiger partial charge in [0.25, 0.3) is 0 Å². The molecule has 0 aliphatic carbocycles. The molecule has 0 aliphatic heterocycles. The maximum atomic E-state index is 10.1. The predicted molar refractivity (Wildman–Crippen MR) is 67.4 cm³/mol. The van der Waals surface area contributed by atoms with E-state index in [9.17, 15) is 5.11 Å². The summed E-state index contributed by atoms with van der Waals surface area (Å²) in [5.74, 6) is 0. The highest BCUT2D eigenvalue weighted by atomic mass is 79.9. The second-order valence-electron chi connectivity index (χ2n) is 3.80. The predicted octanol–water partition coefficient (Wildman–Crippen LogP) is 3.23. The highest BCUT2D eigenvalue weighted by Crippen LogP contribution is 2.27. The van der Waals surface area contributed by atoms with Crippen LogP contribution in [0.1, 0.15) is 25.1 Å². The first-order chi connectivity index (χ1) is 7.01. The van der Waals surface area contributed by atoms with Crippen molar-refractivity contribution in [3.8, 4) is 0 Å². The Bertz CT molecular complexity index is 307. The molecule has 0 bridgehead atoms. The van der Waals surface area contributed by atoms with Crippen LogP contribution < -0.4 is 0 Å². The summed E-state index contributed by atoms with van der Waals surface area (Å²) < 4.78 is 6.47. The molecule has 2 atom stereocenters. The molecule has 0 aliphatic rings. The van der Waals surface area contributed by atoms with Gasteiger partial charge in [0.15, 0.2) is 0 Å². The lowest BCUT2D eigenvalue weighted by Gasteiger charge is -2.31. The third-order valence-corrected chi connectivity index (χ3v) is 4.54. The summed E-state index contributed by atoms with van der Waals surface area (Å²) >= 11 is 5.07. The van der Waals surface area contributed by atoms with Crippen molar-refractivity contribution in [1.29, 1.82) is 0 Å². The first-order valence-electron chi connectivity index (χ1n) is 4.99. The largest absolute Gasteiger partial charge is 0.390 e. The van der Waals surface area contributed by atoms with Crippen LogP contribution in [0.3, 0.4) is 0 Å². The second kappa shape index (κ2) is 5.43. The number of rotatable bonds is 5. The standard InChI is InChI=1S/C11H17BrO2S/c1-4-11(2,14-3)9(13)7-8-5-6-10(12)15-8/h5-6,9,13H,4,7H2,1-3H3. The SMILES string of the molecule is CCC(C)(OC)C(O)Cc1ccc(Br)s1. The number of methoxy groups -OCH3 is 1. The number of aliphatic hydroxyl groups is 1. The fourth-order valence-corrected chi connectivity index (χ4v) is 2.90. The maximum absolute atomic E-state index is 10.1. The minimum atomic E-state index is -0.460. The Balaban J connectivity index is 2.65. The van der Waals surface area contributed by atoms with Gasteiger partial charge in [-0.2, -0.15) is 0 Å². The van der Waals surface area contributed by atoms with Gasteiger partial charge in [0, 0.05) is 18.4 Å². The summed E-state index contributed by atoms with van der Waals surface area (Å²) in [6.45, 7) is 3.97. The molecule has 0 amide bonds. The van der Waals surface area contributed by atoms with Crippen LogP contribution in [0.15, 0.2) is 15.9 Å². The van der Waals surface area contributed by atoms with Crippen molar-refractivity contribution in [2.24, 2.45) is 0 Å². The van der Waals surface area contributed by atoms with E-state index < -0.39 is 11.7 Å². The molecule has 1 N–H and O–H groups in total. The quantitative estimate of drug-likeness (QED) is 0.903. The fraction of sp³-hybridized carbons (Fsp3) is 0.636. The molecule has 4 heteroatoms. The molecule has 0 spiro atoms. The van der Waals surface area contributed by atoms with Gasteiger partial charge in [0.1, 0.15) is 0 Å². The number of hydrogen-bond acceptors (Lipinski definition) is 3. The van der Waals surface area contributed by atoms with Gasteiger partial charge in [-0.25, -0.2) is 0 Å². The average molecular weight is 293 g/mol. The van der Waals surface area contributed by atoms with E-state index >= 15 is 0 Å². The monoisotopic (exact) mass is 292 g/mol. The molecular formula is C11H17BrO2S. The minimum Gasteiger partial charge on any atom is -0.390 e. The summed E-state index contributed by atoms with van der Waals surface area (Å²) in [4.78, 5) is 1.17. The first-order valence-corrected chi connectivity index (χ1v) is 6.60. The Morgan fingerprint density at radius 2 is 2.27 bits per heavy atom. The first kappa shape index (κ1) is 13.2. The number of hydrogen-bond donors (Lipinski definition) is 1. The Hall–Kier alpha value is 0.1000. The van der Waals surface area contributed by atoms with Gasteiger partial charge >= 0.3 is 0 Å². The summed E-state index contributed by atoms with van der Waals surface area (Å²) in [5, 5.41) is 10.1. The Kier molecular flexibility index (Phi) is 4.77. The summed E-state index contributed by atoms with van der Waals surface area (Å²) in [7, 11) is 1.65. The molecule has 1 heterocycles. The van der Waals surface area contributed by atoms with E-state index in [0.717, 1.165) is 10.2 Å². The molecule has 1 aromatic heterocycles. The molecule has 0 aromatic carbocycles. The number of halogens is 1. The van der Waals surface area contributed by atoms with Crippen LogP contribution in [-0.4, -0.2) is 23.9 Å². The van der Waals surface area contributed by atoms with E-state index in [4.69, 9.17) is 4.74 Å². The third kappa shape index (κ3) is 3.28. The van der Waals surface area contributed by atoms with Crippen molar-refractivity contribution in [3.63, 3.8) is 0 Å². The number of aliphatic hydroxyl groups excluding tert-OH is 1. The lowest BCUT2D eigenvalue weighted by molar-refractivity contribution is -0.0911. The van der Waals surface area contributed by atoms with E-state index in [2.05, 4.69) is 15.9 Å². The fourth-order valence-electron chi connectivity index (χ4n) is 1.38. The van der Waals surface area contributed by atoms with Crippen molar-refractivity contribution >= 4 is 27.3 Å². The van der Waals surface area contributed by atoms with Crippen LogP contribution >= 0.6 is 27.3 Å². The zero-order valence-electron chi connectivity index (χ0n) is 9.29. The van der Waals surface area contributed by atoms with Gasteiger partial charge < -0.3 is 9.84 Å². The minimum absolute atomic E-state index is 0.448. The van der Waals surface area contributed by atoms with Gasteiger partial charge in [-0.05, 0) is 41.4 Å². The van der Waals surface area contributed by atoms with Crippen LogP contribution in [0.2, 0.25) is 0 Å². The maximum Gasteiger partial charge on any atom is 0.0909 e. The lowest BCUT2D eigenvalue weighted by atomic mass is 9.93. The molecule has 0 radical (unpaired) electrons. The Morgan fingerprint density at radius 1 is 1.60 bits per heavy atom. The van der Waals surface area contributed by atoms with Gasteiger partial charge in [-0.1, -0.05) is 6.92 Å². The zero-order valence-corrected chi connectivity index (χ0v) is 11.7. The van der Waals surface area contributed by atoms with E-state index in [0.29, 0.717) is 6.42 Å². The van der Waals surface area contributed by atoms with E-state index in [1.54, 1.807) is 18.4 Å². The molecule has 86 valence electrons. The highest BCUT2D eigenvalue weighted by Gasteiger charge is 2.31.